The molecule has 1 N–H and O–H groups in total. The Kier molecular flexibility index (Phi) is 3.31. The van der Waals surface area contributed by atoms with Crippen LogP contribution < -0.4 is 5.43 Å². The molecule has 0 bridgehead atoms. The summed E-state index contributed by atoms with van der Waals surface area (Å²) >= 11 is 1.14. The summed E-state index contributed by atoms with van der Waals surface area (Å²) in [6.45, 7) is 1.88. The van der Waals surface area contributed by atoms with Crippen molar-refractivity contribution in [3.63, 3.8) is 0 Å². The van der Waals surface area contributed by atoms with E-state index in [0.29, 0.717) is 15.6 Å². The minimum atomic E-state index is -0.494. The van der Waals surface area contributed by atoms with Crippen LogP contribution in [0.25, 0.3) is 10.1 Å². The maximum atomic E-state index is 12.4. The zero-order chi connectivity index (χ0) is 15.0. The summed E-state index contributed by atoms with van der Waals surface area (Å²) in [4.78, 5) is 24.8. The van der Waals surface area contributed by atoms with E-state index in [1.54, 1.807) is 36.4 Å². The topological polar surface area (TPSA) is 54.4 Å². The van der Waals surface area contributed by atoms with E-state index in [1.807, 2.05) is 19.1 Å². The molecule has 4 heteroatoms. The molecule has 0 radical (unpaired) electrons. The number of aromatic hydroxyl groups is 1. The van der Waals surface area contributed by atoms with E-state index in [2.05, 4.69) is 0 Å². The molecule has 1 heterocycles. The fourth-order valence-corrected chi connectivity index (χ4v) is 3.19. The van der Waals surface area contributed by atoms with E-state index in [0.717, 1.165) is 16.9 Å². The van der Waals surface area contributed by atoms with Crippen molar-refractivity contribution in [1.29, 1.82) is 0 Å². The highest BCUT2D eigenvalue weighted by Gasteiger charge is 2.19. The highest BCUT2D eigenvalue weighted by atomic mass is 32.1. The second-order valence-electron chi connectivity index (χ2n) is 4.80. The Hall–Kier alpha value is -2.46. The largest absolute Gasteiger partial charge is 0.503 e. The number of carbonyl (C=O) groups excluding carboxylic acids is 1. The lowest BCUT2D eigenvalue weighted by Crippen LogP contribution is -2.08. The fraction of sp³-hybridized carbons (Fsp3) is 0.0588. The molecule has 0 aliphatic carbocycles. The van der Waals surface area contributed by atoms with Crippen LogP contribution in [-0.2, 0) is 0 Å². The van der Waals surface area contributed by atoms with Gasteiger partial charge < -0.3 is 5.11 Å². The molecule has 0 atom stereocenters. The summed E-state index contributed by atoms with van der Waals surface area (Å²) in [6.07, 6.45) is 0. The average molecular weight is 296 g/mol. The summed E-state index contributed by atoms with van der Waals surface area (Å²) in [5.41, 5.74) is 0.898. The standard InChI is InChI=1S/C17H12O3S/c1-10-7-8-13-12(9-10)15(19)16(20)17(21-13)14(18)11-5-3-2-4-6-11/h2-9,20H,1H3. The van der Waals surface area contributed by atoms with Gasteiger partial charge in [-0.1, -0.05) is 42.0 Å². The normalized spacial score (nSPS) is 10.7. The quantitative estimate of drug-likeness (QED) is 0.736. The van der Waals surface area contributed by atoms with Gasteiger partial charge in [0.1, 0.15) is 4.88 Å². The molecule has 0 saturated heterocycles. The summed E-state index contributed by atoms with van der Waals surface area (Å²) in [7, 11) is 0. The number of ketones is 1. The van der Waals surface area contributed by atoms with Crippen LogP contribution in [0.3, 0.4) is 0 Å². The lowest BCUT2D eigenvalue weighted by molar-refractivity contribution is 0.104. The molecule has 3 nitrogen and oxygen atoms in total. The summed E-state index contributed by atoms with van der Waals surface area (Å²) < 4.78 is 0.697. The van der Waals surface area contributed by atoms with Crippen molar-refractivity contribution >= 4 is 27.2 Å². The monoisotopic (exact) mass is 296 g/mol. The van der Waals surface area contributed by atoms with Gasteiger partial charge in [0, 0.05) is 15.6 Å². The van der Waals surface area contributed by atoms with Crippen molar-refractivity contribution in [3.05, 3.63) is 74.8 Å². The lowest BCUT2D eigenvalue weighted by atomic mass is 10.1. The summed E-state index contributed by atoms with van der Waals surface area (Å²) in [5, 5.41) is 10.5. The first-order chi connectivity index (χ1) is 10.1. The second-order valence-corrected chi connectivity index (χ2v) is 5.86. The van der Waals surface area contributed by atoms with Gasteiger partial charge in [0.15, 0.2) is 5.75 Å². The molecule has 2 aromatic carbocycles. The van der Waals surface area contributed by atoms with Gasteiger partial charge in [-0.05, 0) is 19.1 Å². The van der Waals surface area contributed by atoms with Gasteiger partial charge in [0.25, 0.3) is 0 Å². The van der Waals surface area contributed by atoms with Crippen molar-refractivity contribution in [2.75, 3.05) is 0 Å². The Labute approximate surface area is 125 Å². The number of rotatable bonds is 2. The van der Waals surface area contributed by atoms with Crippen molar-refractivity contribution in [3.8, 4) is 5.75 Å². The highest BCUT2D eigenvalue weighted by Crippen LogP contribution is 2.28. The smallest absolute Gasteiger partial charge is 0.230 e. The summed E-state index contributed by atoms with van der Waals surface area (Å²) in [5.74, 6) is -0.801. The van der Waals surface area contributed by atoms with Gasteiger partial charge in [-0.25, -0.2) is 0 Å². The van der Waals surface area contributed by atoms with Crippen LogP contribution in [0.5, 0.6) is 5.75 Å². The van der Waals surface area contributed by atoms with E-state index in [-0.39, 0.29) is 10.7 Å². The Morgan fingerprint density at radius 1 is 1.10 bits per heavy atom. The molecule has 1 aromatic heterocycles. The molecule has 3 aromatic rings. The summed E-state index contributed by atoms with van der Waals surface area (Å²) in [6, 6.07) is 14.0. The third kappa shape index (κ3) is 2.34. The molecule has 0 fully saturated rings. The average Bonchev–Trinajstić information content (AvgIpc) is 2.51. The molecular formula is C17H12O3S. The number of carbonyl (C=O) groups is 1. The van der Waals surface area contributed by atoms with Gasteiger partial charge in [-0.2, -0.15) is 0 Å². The molecular weight excluding hydrogens is 284 g/mol. The first-order valence-corrected chi connectivity index (χ1v) is 7.26. The van der Waals surface area contributed by atoms with Crippen LogP contribution in [0.2, 0.25) is 0 Å². The number of hydrogen-bond acceptors (Lipinski definition) is 4. The van der Waals surface area contributed by atoms with Crippen LogP contribution in [0, 0.1) is 6.92 Å². The van der Waals surface area contributed by atoms with Crippen molar-refractivity contribution in [2.45, 2.75) is 6.92 Å². The van der Waals surface area contributed by atoms with Crippen LogP contribution in [0.1, 0.15) is 20.8 Å². The van der Waals surface area contributed by atoms with Gasteiger partial charge in [0.05, 0.1) is 0 Å². The van der Waals surface area contributed by atoms with Crippen LogP contribution in [0.4, 0.5) is 0 Å². The predicted molar refractivity (Wildman–Crippen MR) is 84.4 cm³/mol. The van der Waals surface area contributed by atoms with E-state index in [4.69, 9.17) is 0 Å². The molecule has 0 saturated carbocycles. The van der Waals surface area contributed by atoms with E-state index >= 15 is 0 Å². The number of hydrogen-bond donors (Lipinski definition) is 1. The molecule has 104 valence electrons. The number of aryl methyl sites for hydroxylation is 1. The third-order valence-corrected chi connectivity index (χ3v) is 4.42. The minimum absolute atomic E-state index is 0.0857. The van der Waals surface area contributed by atoms with Crippen LogP contribution >= 0.6 is 11.3 Å². The maximum absolute atomic E-state index is 12.4. The maximum Gasteiger partial charge on any atom is 0.230 e. The molecule has 0 aliphatic heterocycles. The molecule has 0 amide bonds. The minimum Gasteiger partial charge on any atom is -0.503 e. The van der Waals surface area contributed by atoms with E-state index < -0.39 is 11.2 Å². The van der Waals surface area contributed by atoms with Crippen LogP contribution in [-0.4, -0.2) is 10.9 Å². The van der Waals surface area contributed by atoms with Gasteiger partial charge in [0.2, 0.25) is 11.2 Å². The predicted octanol–water partition coefficient (Wildman–Crippen LogP) is 3.51. The van der Waals surface area contributed by atoms with Gasteiger partial charge >= 0.3 is 0 Å². The van der Waals surface area contributed by atoms with Crippen molar-refractivity contribution in [1.82, 2.24) is 0 Å². The molecule has 21 heavy (non-hydrogen) atoms. The number of benzene rings is 2. The van der Waals surface area contributed by atoms with E-state index in [9.17, 15) is 14.7 Å². The lowest BCUT2D eigenvalue weighted by Gasteiger charge is -2.05. The Morgan fingerprint density at radius 2 is 1.81 bits per heavy atom. The second kappa shape index (κ2) is 5.14. The zero-order valence-corrected chi connectivity index (χ0v) is 12.1. The molecule has 0 unspecified atom stereocenters. The highest BCUT2D eigenvalue weighted by molar-refractivity contribution is 7.20. The van der Waals surface area contributed by atoms with Gasteiger partial charge in [-0.15, -0.1) is 11.3 Å². The van der Waals surface area contributed by atoms with Crippen molar-refractivity contribution in [2.24, 2.45) is 0 Å². The Morgan fingerprint density at radius 3 is 2.52 bits per heavy atom. The first-order valence-electron chi connectivity index (χ1n) is 6.44. The SMILES string of the molecule is Cc1ccc2sc(C(=O)c3ccccc3)c(O)c(=O)c2c1. The molecule has 3 rings (SSSR count). The molecule has 0 aliphatic rings. The van der Waals surface area contributed by atoms with Crippen LogP contribution in [0.15, 0.2) is 53.3 Å². The van der Waals surface area contributed by atoms with E-state index in [1.165, 1.54) is 0 Å². The third-order valence-electron chi connectivity index (χ3n) is 3.26. The first kappa shape index (κ1) is 13.5. The zero-order valence-electron chi connectivity index (χ0n) is 11.3. The Balaban J connectivity index is 2.25. The number of fused-ring (bicyclic) bond motifs is 1. The Bertz CT molecular complexity index is 895. The fourth-order valence-electron chi connectivity index (χ4n) is 2.17. The van der Waals surface area contributed by atoms with Gasteiger partial charge in [-0.3, -0.25) is 9.59 Å². The van der Waals surface area contributed by atoms with Crippen molar-refractivity contribution < 1.29 is 9.90 Å². The molecule has 0 spiro atoms.